The van der Waals surface area contributed by atoms with Gasteiger partial charge in [-0.1, -0.05) is 0 Å². The van der Waals surface area contributed by atoms with E-state index in [0.717, 1.165) is 19.2 Å². The maximum Gasteiger partial charge on any atom is 0.261 e. The van der Waals surface area contributed by atoms with Gasteiger partial charge in [0.2, 0.25) is 11.6 Å². The second kappa shape index (κ2) is 6.69. The van der Waals surface area contributed by atoms with Crippen LogP contribution < -0.4 is 10.1 Å². The number of nitrogens with one attached hydrogen (secondary N) is 1. The average molecular weight is 443 g/mol. The highest BCUT2D eigenvalue weighted by atomic mass is 127. The van der Waals surface area contributed by atoms with Crippen LogP contribution in [0.3, 0.4) is 0 Å². The number of carbonyl (C=O) groups is 1. The van der Waals surface area contributed by atoms with Crippen molar-refractivity contribution < 1.29 is 31.5 Å². The number of methoxy groups -OCH3 is 1. The highest BCUT2D eigenvalue weighted by Crippen LogP contribution is 2.30. The molecule has 0 radical (unpaired) electrons. The molecule has 1 amide bonds. The second-order valence-electron chi connectivity index (χ2n) is 4.24. The van der Waals surface area contributed by atoms with Crippen LogP contribution in [0.4, 0.5) is 27.6 Å². The molecule has 2 rings (SSSR count). The zero-order valence-electron chi connectivity index (χ0n) is 11.3. The van der Waals surface area contributed by atoms with Gasteiger partial charge in [0.15, 0.2) is 17.4 Å². The van der Waals surface area contributed by atoms with E-state index in [1.165, 1.54) is 6.07 Å². The summed E-state index contributed by atoms with van der Waals surface area (Å²) >= 11 is 1.81. The third kappa shape index (κ3) is 3.23. The molecule has 0 aliphatic rings. The largest absolute Gasteiger partial charge is 0.491 e. The van der Waals surface area contributed by atoms with E-state index < -0.39 is 52.0 Å². The first-order valence-electron chi connectivity index (χ1n) is 5.94. The zero-order valence-corrected chi connectivity index (χ0v) is 13.5. The van der Waals surface area contributed by atoms with Crippen LogP contribution in [-0.4, -0.2) is 13.0 Å². The quantitative estimate of drug-likeness (QED) is 0.438. The van der Waals surface area contributed by atoms with Crippen LogP contribution in [0.25, 0.3) is 0 Å². The summed E-state index contributed by atoms with van der Waals surface area (Å²) in [6.07, 6.45) is 0. The lowest BCUT2D eigenvalue weighted by atomic mass is 10.1. The lowest BCUT2D eigenvalue weighted by Crippen LogP contribution is -2.19. The van der Waals surface area contributed by atoms with E-state index in [-0.39, 0.29) is 0 Å². The SMILES string of the molecule is COc1c(F)c(F)c(C(=O)Nc2ccc(I)cc2F)c(F)c1F. The van der Waals surface area contributed by atoms with E-state index >= 15 is 0 Å². The van der Waals surface area contributed by atoms with Crippen molar-refractivity contribution in [2.75, 3.05) is 12.4 Å². The molecule has 0 aliphatic heterocycles. The Hall–Kier alpha value is -1.91. The summed E-state index contributed by atoms with van der Waals surface area (Å²) in [5, 5.41) is 1.86. The Morgan fingerprint density at radius 1 is 1.04 bits per heavy atom. The Balaban J connectivity index is 2.48. The van der Waals surface area contributed by atoms with Gasteiger partial charge in [-0.3, -0.25) is 4.79 Å². The summed E-state index contributed by atoms with van der Waals surface area (Å²) < 4.78 is 73.1. The van der Waals surface area contributed by atoms with Gasteiger partial charge < -0.3 is 10.1 Å². The number of carbonyl (C=O) groups excluding carboxylic acids is 1. The number of rotatable bonds is 3. The van der Waals surface area contributed by atoms with Crippen LogP contribution in [0.5, 0.6) is 5.75 Å². The number of hydrogen-bond donors (Lipinski definition) is 1. The first-order chi connectivity index (χ1) is 10.8. The molecule has 3 nitrogen and oxygen atoms in total. The van der Waals surface area contributed by atoms with E-state index in [2.05, 4.69) is 4.74 Å². The third-order valence-corrected chi connectivity index (χ3v) is 3.50. The minimum absolute atomic E-state index is 0.397. The van der Waals surface area contributed by atoms with Gasteiger partial charge in [-0.25, -0.2) is 13.2 Å². The normalized spacial score (nSPS) is 10.6. The second-order valence-corrected chi connectivity index (χ2v) is 5.49. The smallest absolute Gasteiger partial charge is 0.261 e. The zero-order chi connectivity index (χ0) is 17.3. The molecule has 0 atom stereocenters. The fourth-order valence-electron chi connectivity index (χ4n) is 1.77. The van der Waals surface area contributed by atoms with Gasteiger partial charge >= 0.3 is 0 Å². The maximum absolute atomic E-state index is 13.8. The van der Waals surface area contributed by atoms with E-state index in [1.807, 2.05) is 27.9 Å². The summed E-state index contributed by atoms with van der Waals surface area (Å²) in [6.45, 7) is 0. The van der Waals surface area contributed by atoms with Crippen LogP contribution >= 0.6 is 22.6 Å². The Morgan fingerprint density at radius 3 is 2.09 bits per heavy atom. The Morgan fingerprint density at radius 2 is 1.61 bits per heavy atom. The lowest BCUT2D eigenvalue weighted by molar-refractivity contribution is 0.101. The van der Waals surface area contributed by atoms with Crippen molar-refractivity contribution in [2.45, 2.75) is 0 Å². The van der Waals surface area contributed by atoms with Gasteiger partial charge in [-0.15, -0.1) is 0 Å². The van der Waals surface area contributed by atoms with Gasteiger partial charge in [0.25, 0.3) is 5.91 Å². The Bertz CT molecular complexity index is 768. The lowest BCUT2D eigenvalue weighted by Gasteiger charge is -2.11. The van der Waals surface area contributed by atoms with Crippen LogP contribution in [0.1, 0.15) is 10.4 Å². The van der Waals surface area contributed by atoms with Crippen LogP contribution in [0, 0.1) is 32.7 Å². The highest BCUT2D eigenvalue weighted by molar-refractivity contribution is 14.1. The van der Waals surface area contributed by atoms with E-state index in [0.29, 0.717) is 3.57 Å². The molecule has 23 heavy (non-hydrogen) atoms. The fraction of sp³-hybridized carbons (Fsp3) is 0.0714. The first kappa shape index (κ1) is 17.4. The molecule has 0 bridgehead atoms. The van der Waals surface area contributed by atoms with Crippen molar-refractivity contribution in [3.63, 3.8) is 0 Å². The monoisotopic (exact) mass is 443 g/mol. The van der Waals surface area contributed by atoms with E-state index in [4.69, 9.17) is 0 Å². The van der Waals surface area contributed by atoms with Gasteiger partial charge in [0.05, 0.1) is 12.8 Å². The predicted octanol–water partition coefficient (Wildman–Crippen LogP) is 4.25. The standard InChI is InChI=1S/C14H7F5INO2/c1-23-13-11(18)9(16)8(10(17)12(13)19)14(22)21-7-3-2-5(20)4-6(7)15/h2-4H,1H3,(H,21,22). The predicted molar refractivity (Wildman–Crippen MR) is 79.9 cm³/mol. The highest BCUT2D eigenvalue weighted by Gasteiger charge is 2.30. The van der Waals surface area contributed by atoms with E-state index in [9.17, 15) is 26.7 Å². The van der Waals surface area contributed by atoms with Crippen LogP contribution in [0.2, 0.25) is 0 Å². The third-order valence-electron chi connectivity index (χ3n) is 2.83. The molecule has 0 spiro atoms. The number of anilines is 1. The molecule has 2 aromatic carbocycles. The van der Waals surface area contributed by atoms with Gasteiger partial charge in [0.1, 0.15) is 11.4 Å². The van der Waals surface area contributed by atoms with Crippen molar-refractivity contribution in [3.05, 3.63) is 56.4 Å². The van der Waals surface area contributed by atoms with Crippen molar-refractivity contribution in [1.29, 1.82) is 0 Å². The van der Waals surface area contributed by atoms with Gasteiger partial charge in [-0.05, 0) is 40.8 Å². The summed E-state index contributed by atoms with van der Waals surface area (Å²) in [4.78, 5) is 11.9. The number of ether oxygens (including phenoxy) is 1. The minimum Gasteiger partial charge on any atom is -0.491 e. The molecule has 1 N–H and O–H groups in total. The van der Waals surface area contributed by atoms with E-state index in [1.54, 1.807) is 0 Å². The molecule has 0 saturated carbocycles. The summed E-state index contributed by atoms with van der Waals surface area (Å²) in [5.74, 6) is -11.3. The molecule has 0 fully saturated rings. The fourth-order valence-corrected chi connectivity index (χ4v) is 2.22. The topological polar surface area (TPSA) is 38.3 Å². The van der Waals surface area contributed by atoms with Gasteiger partial charge in [0, 0.05) is 3.57 Å². The molecule has 0 saturated heterocycles. The molecule has 0 heterocycles. The molecule has 0 aromatic heterocycles. The molecule has 0 aliphatic carbocycles. The Labute approximate surface area is 140 Å². The molecule has 0 unspecified atom stereocenters. The summed E-state index contributed by atoms with van der Waals surface area (Å²) in [6, 6.07) is 3.61. The average Bonchev–Trinajstić information content (AvgIpc) is 2.49. The maximum atomic E-state index is 13.8. The number of hydrogen-bond acceptors (Lipinski definition) is 2. The van der Waals surface area contributed by atoms with Crippen LogP contribution in [0.15, 0.2) is 18.2 Å². The number of benzene rings is 2. The molecular weight excluding hydrogens is 436 g/mol. The number of halogens is 6. The van der Waals surface area contributed by atoms with Crippen molar-refractivity contribution in [1.82, 2.24) is 0 Å². The molecule has 2 aromatic rings. The Kier molecular flexibility index (Phi) is 5.07. The summed E-state index contributed by atoms with van der Waals surface area (Å²) in [5.41, 5.74) is -1.91. The van der Waals surface area contributed by atoms with Crippen molar-refractivity contribution >= 4 is 34.2 Å². The van der Waals surface area contributed by atoms with Crippen molar-refractivity contribution in [3.8, 4) is 5.75 Å². The molecular formula is C14H7F5INO2. The van der Waals surface area contributed by atoms with Crippen molar-refractivity contribution in [2.24, 2.45) is 0 Å². The molecule has 122 valence electrons. The number of amides is 1. The van der Waals surface area contributed by atoms with Gasteiger partial charge in [-0.2, -0.15) is 8.78 Å². The van der Waals surface area contributed by atoms with Crippen LogP contribution in [-0.2, 0) is 0 Å². The summed E-state index contributed by atoms with van der Waals surface area (Å²) in [7, 11) is 0.807. The minimum atomic E-state index is -1.94. The molecule has 9 heteroatoms. The first-order valence-corrected chi connectivity index (χ1v) is 7.02.